The first-order valence-electron chi connectivity index (χ1n) is 6.29. The van der Waals surface area contributed by atoms with Crippen LogP contribution in [0.3, 0.4) is 0 Å². The second-order valence-corrected chi connectivity index (χ2v) is 7.52. The summed E-state index contributed by atoms with van der Waals surface area (Å²) in [6, 6.07) is 0. The molecule has 3 unspecified atom stereocenters. The van der Waals surface area contributed by atoms with Crippen molar-refractivity contribution in [3.8, 4) is 0 Å². The minimum Gasteiger partial charge on any atom is -0.364 e. The molecule has 0 N–H and O–H groups in total. The second kappa shape index (κ2) is 6.25. The molecule has 94 valence electrons. The summed E-state index contributed by atoms with van der Waals surface area (Å²) in [7, 11) is 4.10. The van der Waals surface area contributed by atoms with Gasteiger partial charge in [0, 0.05) is 19.3 Å². The van der Waals surface area contributed by atoms with Gasteiger partial charge in [0.1, 0.15) is 4.32 Å². The van der Waals surface area contributed by atoms with Crippen molar-refractivity contribution in [2.75, 3.05) is 14.1 Å². The number of rotatable bonds is 2. The van der Waals surface area contributed by atoms with Gasteiger partial charge in [-0.25, -0.2) is 0 Å². The van der Waals surface area contributed by atoms with Crippen LogP contribution in [-0.4, -0.2) is 28.6 Å². The van der Waals surface area contributed by atoms with Crippen molar-refractivity contribution in [3.63, 3.8) is 0 Å². The van der Waals surface area contributed by atoms with Crippen LogP contribution >= 0.6 is 24.0 Å². The van der Waals surface area contributed by atoms with Crippen LogP contribution in [0.4, 0.5) is 0 Å². The van der Waals surface area contributed by atoms with Gasteiger partial charge in [-0.15, -0.1) is 0 Å². The molecule has 1 fully saturated rings. The molecule has 0 saturated heterocycles. The molecule has 1 saturated carbocycles. The summed E-state index contributed by atoms with van der Waals surface area (Å²) < 4.78 is 1.05. The van der Waals surface area contributed by atoms with E-state index in [0.29, 0.717) is 0 Å². The third-order valence-corrected chi connectivity index (χ3v) is 5.64. The molecule has 1 aliphatic rings. The lowest BCUT2D eigenvalue weighted by Gasteiger charge is -2.37. The Bertz CT molecular complexity index is 238. The first-order valence-corrected chi connectivity index (χ1v) is 7.58. The lowest BCUT2D eigenvalue weighted by molar-refractivity contribution is 0.245. The topological polar surface area (TPSA) is 3.24 Å². The Hall–Kier alpha value is 0.240. The SMILES string of the molecule is CC1CCC(C(C)C)C(SC(=S)N(C)C)C1. The summed E-state index contributed by atoms with van der Waals surface area (Å²) in [5, 5.41) is 0.735. The Morgan fingerprint density at radius 1 is 1.31 bits per heavy atom. The van der Waals surface area contributed by atoms with E-state index in [-0.39, 0.29) is 0 Å². The van der Waals surface area contributed by atoms with E-state index in [9.17, 15) is 0 Å². The maximum absolute atomic E-state index is 5.43. The molecule has 0 spiro atoms. The number of thiocarbonyl (C=S) groups is 1. The largest absolute Gasteiger partial charge is 0.364 e. The molecule has 3 heteroatoms. The molecule has 0 amide bonds. The van der Waals surface area contributed by atoms with Crippen LogP contribution in [0.2, 0.25) is 0 Å². The van der Waals surface area contributed by atoms with E-state index in [1.165, 1.54) is 19.3 Å². The zero-order valence-electron chi connectivity index (χ0n) is 11.2. The molecule has 0 bridgehead atoms. The molecular weight excluding hydrogens is 234 g/mol. The Balaban J connectivity index is 2.61. The Morgan fingerprint density at radius 2 is 1.94 bits per heavy atom. The van der Waals surface area contributed by atoms with E-state index in [1.54, 1.807) is 0 Å². The smallest absolute Gasteiger partial charge is 0.136 e. The van der Waals surface area contributed by atoms with Crippen molar-refractivity contribution in [3.05, 3.63) is 0 Å². The monoisotopic (exact) mass is 259 g/mol. The van der Waals surface area contributed by atoms with Crippen molar-refractivity contribution >= 4 is 28.3 Å². The number of nitrogens with zero attached hydrogens (tertiary/aromatic N) is 1. The molecule has 0 heterocycles. The van der Waals surface area contributed by atoms with Crippen LogP contribution in [0.1, 0.15) is 40.0 Å². The van der Waals surface area contributed by atoms with Crippen LogP contribution < -0.4 is 0 Å². The van der Waals surface area contributed by atoms with Crippen molar-refractivity contribution in [2.24, 2.45) is 17.8 Å². The van der Waals surface area contributed by atoms with E-state index >= 15 is 0 Å². The molecule has 1 aliphatic carbocycles. The summed E-state index contributed by atoms with van der Waals surface area (Å²) in [4.78, 5) is 2.07. The van der Waals surface area contributed by atoms with Gasteiger partial charge >= 0.3 is 0 Å². The van der Waals surface area contributed by atoms with Gasteiger partial charge < -0.3 is 4.90 Å². The average molecular weight is 259 g/mol. The molecule has 1 rings (SSSR count). The van der Waals surface area contributed by atoms with Crippen LogP contribution in [0.5, 0.6) is 0 Å². The fraction of sp³-hybridized carbons (Fsp3) is 0.923. The fourth-order valence-corrected chi connectivity index (χ4v) is 4.38. The molecule has 16 heavy (non-hydrogen) atoms. The minimum absolute atomic E-state index is 0.735. The lowest BCUT2D eigenvalue weighted by Crippen LogP contribution is -2.32. The quantitative estimate of drug-likeness (QED) is 0.689. The fourth-order valence-electron chi connectivity index (χ4n) is 2.49. The normalized spacial score (nSPS) is 30.5. The molecule has 0 aliphatic heterocycles. The Kier molecular flexibility index (Phi) is 5.58. The van der Waals surface area contributed by atoms with Crippen molar-refractivity contribution in [1.29, 1.82) is 0 Å². The molecule has 0 aromatic heterocycles. The van der Waals surface area contributed by atoms with E-state index < -0.39 is 0 Å². The van der Waals surface area contributed by atoms with Crippen molar-refractivity contribution in [1.82, 2.24) is 4.90 Å². The van der Waals surface area contributed by atoms with Crippen LogP contribution in [0.25, 0.3) is 0 Å². The van der Waals surface area contributed by atoms with E-state index in [0.717, 1.165) is 27.3 Å². The summed E-state index contributed by atoms with van der Waals surface area (Å²) in [5.74, 6) is 2.51. The summed E-state index contributed by atoms with van der Waals surface area (Å²) in [6.45, 7) is 7.09. The van der Waals surface area contributed by atoms with Gasteiger partial charge in [-0.1, -0.05) is 51.2 Å². The van der Waals surface area contributed by atoms with Crippen molar-refractivity contribution in [2.45, 2.75) is 45.3 Å². The molecule has 0 aromatic carbocycles. The van der Waals surface area contributed by atoms with Gasteiger partial charge in [0.15, 0.2) is 0 Å². The van der Waals surface area contributed by atoms with Crippen LogP contribution in [-0.2, 0) is 0 Å². The summed E-state index contributed by atoms with van der Waals surface area (Å²) >= 11 is 7.35. The number of thioether (sulfide) groups is 1. The van der Waals surface area contributed by atoms with E-state index in [4.69, 9.17) is 12.2 Å². The van der Waals surface area contributed by atoms with Gasteiger partial charge in [-0.3, -0.25) is 0 Å². The van der Waals surface area contributed by atoms with Gasteiger partial charge in [-0.2, -0.15) is 0 Å². The summed E-state index contributed by atoms with van der Waals surface area (Å²) in [5.41, 5.74) is 0. The van der Waals surface area contributed by atoms with Crippen LogP contribution in [0.15, 0.2) is 0 Å². The van der Waals surface area contributed by atoms with Gasteiger partial charge in [0.25, 0.3) is 0 Å². The highest BCUT2D eigenvalue weighted by Crippen LogP contribution is 2.40. The maximum atomic E-state index is 5.43. The standard InChI is InChI=1S/C13H25NS2/c1-9(2)11-7-6-10(3)8-12(11)16-13(15)14(4)5/h9-12H,6-8H2,1-5H3. The van der Waals surface area contributed by atoms with E-state index in [2.05, 4.69) is 25.7 Å². The molecule has 3 atom stereocenters. The predicted octanol–water partition coefficient (Wildman–Crippen LogP) is 4.03. The molecule has 1 nitrogen and oxygen atoms in total. The van der Waals surface area contributed by atoms with E-state index in [1.807, 2.05) is 25.9 Å². The number of hydrogen-bond acceptors (Lipinski definition) is 2. The summed E-state index contributed by atoms with van der Waals surface area (Å²) in [6.07, 6.45) is 4.11. The van der Waals surface area contributed by atoms with Gasteiger partial charge in [0.05, 0.1) is 0 Å². The first kappa shape index (κ1) is 14.3. The zero-order chi connectivity index (χ0) is 12.3. The Labute approximate surface area is 110 Å². The molecule has 0 radical (unpaired) electrons. The first-order chi connectivity index (χ1) is 7.41. The van der Waals surface area contributed by atoms with Gasteiger partial charge in [-0.05, 0) is 30.6 Å². The second-order valence-electron chi connectivity index (χ2n) is 5.64. The average Bonchev–Trinajstić information content (AvgIpc) is 2.16. The third-order valence-electron chi connectivity index (χ3n) is 3.58. The third kappa shape index (κ3) is 3.92. The highest BCUT2D eigenvalue weighted by atomic mass is 32.2. The minimum atomic E-state index is 0.735. The molecule has 0 aromatic rings. The highest BCUT2D eigenvalue weighted by molar-refractivity contribution is 8.23. The van der Waals surface area contributed by atoms with Crippen molar-refractivity contribution < 1.29 is 0 Å². The van der Waals surface area contributed by atoms with Crippen LogP contribution in [0, 0.1) is 17.8 Å². The zero-order valence-corrected chi connectivity index (χ0v) is 12.8. The lowest BCUT2D eigenvalue weighted by atomic mass is 9.77. The number of hydrogen-bond donors (Lipinski definition) is 0. The Morgan fingerprint density at radius 3 is 2.44 bits per heavy atom. The molecular formula is C13H25NS2. The predicted molar refractivity (Wildman–Crippen MR) is 79.0 cm³/mol. The maximum Gasteiger partial charge on any atom is 0.136 e. The highest BCUT2D eigenvalue weighted by Gasteiger charge is 2.32. The van der Waals surface area contributed by atoms with Gasteiger partial charge in [0.2, 0.25) is 0 Å².